The van der Waals surface area contributed by atoms with Gasteiger partial charge in [0, 0.05) is 24.7 Å². The van der Waals surface area contributed by atoms with Gasteiger partial charge in [0.05, 0.1) is 24.8 Å². The lowest BCUT2D eigenvalue weighted by Gasteiger charge is -2.32. The third-order valence-corrected chi connectivity index (χ3v) is 8.25. The SMILES string of the molecule is CNC(=O)[C@@H](C)N(Cc1ccc(C)cc1)C(=O)CN(c1ccc(Cl)cc1)S(=O)(=O)c1ccc(OC)c(OC)c1. The van der Waals surface area contributed by atoms with Gasteiger partial charge in [0.25, 0.3) is 10.0 Å². The van der Waals surface area contributed by atoms with Gasteiger partial charge in [-0.15, -0.1) is 0 Å². The first-order chi connectivity index (χ1) is 18.5. The molecular weight excluding hydrogens is 542 g/mol. The van der Waals surface area contributed by atoms with Crippen LogP contribution >= 0.6 is 11.6 Å². The lowest BCUT2D eigenvalue weighted by molar-refractivity contribution is -0.139. The molecule has 9 nitrogen and oxygen atoms in total. The highest BCUT2D eigenvalue weighted by Crippen LogP contribution is 2.32. The lowest BCUT2D eigenvalue weighted by atomic mass is 10.1. The second kappa shape index (κ2) is 12.9. The van der Waals surface area contributed by atoms with Crippen LogP contribution in [0.25, 0.3) is 0 Å². The van der Waals surface area contributed by atoms with Crippen LogP contribution in [0.2, 0.25) is 5.02 Å². The number of nitrogens with one attached hydrogen (secondary N) is 1. The summed E-state index contributed by atoms with van der Waals surface area (Å²) in [5.74, 6) is -0.369. The molecule has 0 spiro atoms. The Morgan fingerprint density at radius 3 is 2.13 bits per heavy atom. The topological polar surface area (TPSA) is 105 Å². The van der Waals surface area contributed by atoms with E-state index in [1.54, 1.807) is 6.92 Å². The maximum absolute atomic E-state index is 13.9. The monoisotopic (exact) mass is 573 g/mol. The molecule has 0 aliphatic rings. The molecule has 11 heteroatoms. The smallest absolute Gasteiger partial charge is 0.264 e. The van der Waals surface area contributed by atoms with E-state index in [0.29, 0.717) is 10.8 Å². The van der Waals surface area contributed by atoms with Gasteiger partial charge in [0.15, 0.2) is 11.5 Å². The minimum atomic E-state index is -4.28. The zero-order valence-electron chi connectivity index (χ0n) is 22.5. The Labute approximate surface area is 234 Å². The van der Waals surface area contributed by atoms with E-state index in [1.165, 1.54) is 68.6 Å². The third-order valence-electron chi connectivity index (χ3n) is 6.22. The number of rotatable bonds is 11. The van der Waals surface area contributed by atoms with Crippen LogP contribution in [0.3, 0.4) is 0 Å². The Balaban J connectivity index is 2.06. The van der Waals surface area contributed by atoms with E-state index in [1.807, 2.05) is 31.2 Å². The minimum absolute atomic E-state index is 0.104. The van der Waals surface area contributed by atoms with E-state index >= 15 is 0 Å². The van der Waals surface area contributed by atoms with Gasteiger partial charge in [-0.2, -0.15) is 0 Å². The zero-order chi connectivity index (χ0) is 28.7. The van der Waals surface area contributed by atoms with Gasteiger partial charge in [-0.05, 0) is 55.8 Å². The van der Waals surface area contributed by atoms with E-state index in [-0.39, 0.29) is 28.8 Å². The van der Waals surface area contributed by atoms with E-state index in [2.05, 4.69) is 5.32 Å². The molecule has 3 aromatic rings. The number of carbonyl (C=O) groups is 2. The molecule has 39 heavy (non-hydrogen) atoms. The summed E-state index contributed by atoms with van der Waals surface area (Å²) in [6.07, 6.45) is 0. The molecule has 0 aliphatic heterocycles. The number of likely N-dealkylation sites (N-methyl/N-ethyl adjacent to an activating group) is 1. The van der Waals surface area contributed by atoms with Crippen molar-refractivity contribution in [3.63, 3.8) is 0 Å². The predicted octanol–water partition coefficient (Wildman–Crippen LogP) is 4.02. The molecule has 208 valence electrons. The van der Waals surface area contributed by atoms with Crippen molar-refractivity contribution < 1.29 is 27.5 Å². The molecule has 0 aromatic heterocycles. The van der Waals surface area contributed by atoms with Crippen LogP contribution in [0.5, 0.6) is 11.5 Å². The molecule has 0 saturated carbocycles. The minimum Gasteiger partial charge on any atom is -0.493 e. The molecule has 0 aliphatic carbocycles. The number of aryl methyl sites for hydroxylation is 1. The lowest BCUT2D eigenvalue weighted by Crippen LogP contribution is -2.50. The molecule has 0 bridgehead atoms. The summed E-state index contributed by atoms with van der Waals surface area (Å²) in [7, 11) is 0.0506. The van der Waals surface area contributed by atoms with Gasteiger partial charge in [-0.3, -0.25) is 13.9 Å². The highest BCUT2D eigenvalue weighted by atomic mass is 35.5. The van der Waals surface area contributed by atoms with Crippen LogP contribution in [-0.4, -0.2) is 59.0 Å². The molecule has 0 fully saturated rings. The highest BCUT2D eigenvalue weighted by Gasteiger charge is 2.32. The van der Waals surface area contributed by atoms with Gasteiger partial charge >= 0.3 is 0 Å². The molecule has 1 N–H and O–H groups in total. The van der Waals surface area contributed by atoms with E-state index in [0.717, 1.165) is 15.4 Å². The summed E-state index contributed by atoms with van der Waals surface area (Å²) in [4.78, 5) is 27.6. The van der Waals surface area contributed by atoms with E-state index in [4.69, 9.17) is 21.1 Å². The number of halogens is 1. The summed E-state index contributed by atoms with van der Waals surface area (Å²) < 4.78 is 39.4. The molecule has 1 atom stereocenters. The van der Waals surface area contributed by atoms with Crippen molar-refractivity contribution in [1.82, 2.24) is 10.2 Å². The highest BCUT2D eigenvalue weighted by molar-refractivity contribution is 7.92. The first kappa shape index (κ1) is 29.8. The van der Waals surface area contributed by atoms with Crippen molar-refractivity contribution in [3.05, 3.63) is 82.9 Å². The number of methoxy groups -OCH3 is 2. The summed E-state index contributed by atoms with van der Waals surface area (Å²) in [6.45, 7) is 3.09. The van der Waals surface area contributed by atoms with Crippen LogP contribution in [0.1, 0.15) is 18.1 Å². The quantitative estimate of drug-likeness (QED) is 0.371. The summed E-state index contributed by atoms with van der Waals surface area (Å²) >= 11 is 6.05. The molecule has 0 unspecified atom stereocenters. The molecule has 0 heterocycles. The molecule has 0 radical (unpaired) electrons. The van der Waals surface area contributed by atoms with Crippen molar-refractivity contribution in [3.8, 4) is 11.5 Å². The first-order valence-corrected chi connectivity index (χ1v) is 13.9. The van der Waals surface area contributed by atoms with Crippen LogP contribution in [0, 0.1) is 6.92 Å². The zero-order valence-corrected chi connectivity index (χ0v) is 24.0. The van der Waals surface area contributed by atoms with Gasteiger partial charge < -0.3 is 19.7 Å². The summed E-state index contributed by atoms with van der Waals surface area (Å²) in [5.41, 5.74) is 2.07. The van der Waals surface area contributed by atoms with Crippen LogP contribution < -0.4 is 19.1 Å². The Kier molecular flexibility index (Phi) is 9.82. The molecular formula is C28H32ClN3O6S. The number of carbonyl (C=O) groups excluding carboxylic acids is 2. The standard InChI is InChI=1S/C28H32ClN3O6S/c1-19-6-8-21(9-7-19)17-31(20(2)28(34)30-3)27(33)18-32(23-12-10-22(29)11-13-23)39(35,36)24-14-15-25(37-4)26(16-24)38-5/h6-16,20H,17-18H2,1-5H3,(H,30,34)/t20-/m1/s1. The van der Waals surface area contributed by atoms with Gasteiger partial charge in [0.2, 0.25) is 11.8 Å². The Bertz CT molecular complexity index is 1410. The Morgan fingerprint density at radius 1 is 0.949 bits per heavy atom. The average Bonchev–Trinajstić information content (AvgIpc) is 2.94. The average molecular weight is 574 g/mol. The predicted molar refractivity (Wildman–Crippen MR) is 151 cm³/mol. The Morgan fingerprint density at radius 2 is 1.56 bits per heavy atom. The number of nitrogens with zero attached hydrogens (tertiary/aromatic N) is 2. The first-order valence-electron chi connectivity index (χ1n) is 12.1. The third kappa shape index (κ3) is 7.01. The number of sulfonamides is 1. The number of amides is 2. The number of benzene rings is 3. The van der Waals surface area contributed by atoms with E-state index < -0.39 is 28.5 Å². The molecule has 2 amide bonds. The molecule has 0 saturated heterocycles. The van der Waals surface area contributed by atoms with E-state index in [9.17, 15) is 18.0 Å². The Hall–Kier alpha value is -3.76. The second-order valence-electron chi connectivity index (χ2n) is 8.80. The summed E-state index contributed by atoms with van der Waals surface area (Å²) in [5, 5.41) is 2.97. The number of hydrogen-bond donors (Lipinski definition) is 1. The fourth-order valence-electron chi connectivity index (χ4n) is 3.92. The van der Waals surface area contributed by atoms with Crippen LogP contribution in [0.4, 0.5) is 5.69 Å². The maximum Gasteiger partial charge on any atom is 0.264 e. The number of hydrogen-bond acceptors (Lipinski definition) is 6. The van der Waals surface area contributed by atoms with Crippen LogP contribution in [0.15, 0.2) is 71.6 Å². The fraction of sp³-hybridized carbons (Fsp3) is 0.286. The van der Waals surface area contributed by atoms with Crippen molar-refractivity contribution in [2.75, 3.05) is 32.1 Å². The molecule has 3 rings (SSSR count). The largest absolute Gasteiger partial charge is 0.493 e. The van der Waals surface area contributed by atoms with Gasteiger partial charge in [0.1, 0.15) is 12.6 Å². The maximum atomic E-state index is 13.9. The normalized spacial score (nSPS) is 11.8. The number of ether oxygens (including phenoxy) is 2. The van der Waals surface area contributed by atoms with Crippen molar-refractivity contribution >= 4 is 39.1 Å². The van der Waals surface area contributed by atoms with Gasteiger partial charge in [-0.1, -0.05) is 41.4 Å². The fourth-order valence-corrected chi connectivity index (χ4v) is 5.48. The summed E-state index contributed by atoms with van der Waals surface area (Å²) in [6, 6.07) is 17.0. The van der Waals surface area contributed by atoms with Crippen molar-refractivity contribution in [2.24, 2.45) is 0 Å². The van der Waals surface area contributed by atoms with Crippen molar-refractivity contribution in [2.45, 2.75) is 31.3 Å². The van der Waals surface area contributed by atoms with Crippen LogP contribution in [-0.2, 0) is 26.2 Å². The number of anilines is 1. The van der Waals surface area contributed by atoms with Gasteiger partial charge in [-0.25, -0.2) is 8.42 Å². The van der Waals surface area contributed by atoms with Crippen molar-refractivity contribution in [1.29, 1.82) is 0 Å². The second-order valence-corrected chi connectivity index (χ2v) is 11.1. The molecule has 3 aromatic carbocycles.